The predicted octanol–water partition coefficient (Wildman–Crippen LogP) is 5.58. The standard InChI is InChI=1S/C26H21F2N3O/c27-21-8-4-17(5-9-21)16-20-2-1-3-23-24(20)30-31(26(32)19-12-14-29-15-13-19)25(23)18-6-10-22(28)11-7-18/h4-16,25,30H,1-3H2/b20-16+/t25-/m1/s1. The minimum Gasteiger partial charge on any atom is -0.295 e. The molecule has 6 heteroatoms. The first kappa shape index (κ1) is 20.1. The average Bonchev–Trinajstić information content (AvgIpc) is 3.22. The minimum atomic E-state index is -0.344. The van der Waals surface area contributed by atoms with Crippen LogP contribution in [0.4, 0.5) is 8.78 Å². The maximum Gasteiger partial charge on any atom is 0.273 e. The first-order chi connectivity index (χ1) is 15.6. The number of halogens is 2. The van der Waals surface area contributed by atoms with Crippen LogP contribution in [0, 0.1) is 11.6 Å². The summed E-state index contributed by atoms with van der Waals surface area (Å²) in [5.41, 5.74) is 8.67. The quantitative estimate of drug-likeness (QED) is 0.591. The maximum atomic E-state index is 13.6. The monoisotopic (exact) mass is 429 g/mol. The number of carbonyl (C=O) groups is 1. The molecule has 32 heavy (non-hydrogen) atoms. The van der Waals surface area contributed by atoms with Crippen LogP contribution in [0.25, 0.3) is 6.08 Å². The van der Waals surface area contributed by atoms with Crippen LogP contribution >= 0.6 is 0 Å². The van der Waals surface area contributed by atoms with E-state index in [1.165, 1.54) is 24.3 Å². The molecule has 1 aliphatic carbocycles. The van der Waals surface area contributed by atoms with Crippen LogP contribution in [0.1, 0.15) is 46.8 Å². The van der Waals surface area contributed by atoms with Crippen molar-refractivity contribution in [1.82, 2.24) is 15.4 Å². The molecule has 1 aliphatic heterocycles. The van der Waals surface area contributed by atoms with Crippen LogP contribution in [0.15, 0.2) is 89.9 Å². The van der Waals surface area contributed by atoms with E-state index >= 15 is 0 Å². The number of nitrogens with one attached hydrogen (secondary N) is 1. The molecule has 2 aliphatic rings. The first-order valence-electron chi connectivity index (χ1n) is 10.6. The highest BCUT2D eigenvalue weighted by atomic mass is 19.1. The number of allylic oxidation sites excluding steroid dienone is 1. The van der Waals surface area contributed by atoms with E-state index in [0.29, 0.717) is 5.56 Å². The largest absolute Gasteiger partial charge is 0.295 e. The molecule has 0 bridgehead atoms. The topological polar surface area (TPSA) is 45.2 Å². The molecule has 2 heterocycles. The lowest BCUT2D eigenvalue weighted by atomic mass is 9.86. The number of amides is 1. The summed E-state index contributed by atoms with van der Waals surface area (Å²) in [5.74, 6) is -0.779. The Morgan fingerprint density at radius 2 is 1.59 bits per heavy atom. The fraction of sp³-hybridized carbons (Fsp3) is 0.154. The van der Waals surface area contributed by atoms with Crippen molar-refractivity contribution in [3.05, 3.63) is 118 Å². The summed E-state index contributed by atoms with van der Waals surface area (Å²) in [4.78, 5) is 17.4. The number of hydrogen-bond donors (Lipinski definition) is 1. The lowest BCUT2D eigenvalue weighted by Gasteiger charge is -2.27. The number of rotatable bonds is 3. The molecule has 5 rings (SSSR count). The molecule has 1 atom stereocenters. The summed E-state index contributed by atoms with van der Waals surface area (Å²) < 4.78 is 26.9. The van der Waals surface area contributed by atoms with Crippen molar-refractivity contribution in [3.8, 4) is 0 Å². The van der Waals surface area contributed by atoms with Crippen molar-refractivity contribution in [2.75, 3.05) is 0 Å². The highest BCUT2D eigenvalue weighted by molar-refractivity contribution is 5.95. The Morgan fingerprint density at radius 3 is 2.28 bits per heavy atom. The first-order valence-corrected chi connectivity index (χ1v) is 10.6. The molecule has 0 unspecified atom stereocenters. The van der Waals surface area contributed by atoms with Gasteiger partial charge in [-0.2, -0.15) is 0 Å². The third-order valence-electron chi connectivity index (χ3n) is 5.90. The van der Waals surface area contributed by atoms with Crippen LogP contribution in [-0.4, -0.2) is 15.9 Å². The molecule has 0 fully saturated rings. The number of hydrazine groups is 1. The molecule has 1 N–H and O–H groups in total. The van der Waals surface area contributed by atoms with E-state index in [2.05, 4.69) is 10.4 Å². The number of carbonyl (C=O) groups excluding carboxylic acids is 1. The van der Waals surface area contributed by atoms with Gasteiger partial charge in [-0.3, -0.25) is 15.2 Å². The number of pyridine rings is 1. The molecule has 0 radical (unpaired) electrons. The smallest absolute Gasteiger partial charge is 0.273 e. The van der Waals surface area contributed by atoms with Gasteiger partial charge in [0.1, 0.15) is 17.7 Å². The van der Waals surface area contributed by atoms with E-state index in [1.54, 1.807) is 53.8 Å². The number of nitrogens with zero attached hydrogens (tertiary/aromatic N) is 2. The predicted molar refractivity (Wildman–Crippen MR) is 118 cm³/mol. The summed E-state index contributed by atoms with van der Waals surface area (Å²) in [6.07, 6.45) is 7.81. The summed E-state index contributed by atoms with van der Waals surface area (Å²) in [7, 11) is 0. The van der Waals surface area contributed by atoms with Crippen molar-refractivity contribution in [2.45, 2.75) is 25.3 Å². The van der Waals surface area contributed by atoms with Crippen LogP contribution in [0.5, 0.6) is 0 Å². The second-order valence-electron chi connectivity index (χ2n) is 7.95. The third-order valence-corrected chi connectivity index (χ3v) is 5.90. The number of hydrogen-bond acceptors (Lipinski definition) is 3. The van der Waals surface area contributed by atoms with E-state index < -0.39 is 0 Å². The lowest BCUT2D eigenvalue weighted by Crippen LogP contribution is -2.40. The summed E-state index contributed by atoms with van der Waals surface area (Å²) in [6.45, 7) is 0. The van der Waals surface area contributed by atoms with Crippen LogP contribution < -0.4 is 5.43 Å². The second-order valence-corrected chi connectivity index (χ2v) is 7.95. The fourth-order valence-electron chi connectivity index (χ4n) is 4.38. The van der Waals surface area contributed by atoms with Gasteiger partial charge < -0.3 is 0 Å². The normalized spacial score (nSPS) is 19.1. The van der Waals surface area contributed by atoms with E-state index in [4.69, 9.17) is 0 Å². The van der Waals surface area contributed by atoms with Crippen LogP contribution in [-0.2, 0) is 0 Å². The molecule has 2 aromatic carbocycles. The average molecular weight is 429 g/mol. The van der Waals surface area contributed by atoms with E-state index in [0.717, 1.165) is 47.2 Å². The Labute approximate surface area is 184 Å². The third kappa shape index (κ3) is 3.80. The SMILES string of the molecule is O=C(c1ccncc1)N1NC2=C(CCC/C2=C\c2ccc(F)cc2)[C@H]1c1ccc(F)cc1. The number of aromatic nitrogens is 1. The molecule has 1 aromatic heterocycles. The van der Waals surface area contributed by atoms with Gasteiger partial charge in [-0.1, -0.05) is 24.3 Å². The maximum absolute atomic E-state index is 13.6. The summed E-state index contributed by atoms with van der Waals surface area (Å²) in [6, 6.07) is 15.7. The van der Waals surface area contributed by atoms with Crippen LogP contribution in [0.2, 0.25) is 0 Å². The van der Waals surface area contributed by atoms with Crippen molar-refractivity contribution in [1.29, 1.82) is 0 Å². The van der Waals surface area contributed by atoms with Crippen molar-refractivity contribution in [3.63, 3.8) is 0 Å². The highest BCUT2D eigenvalue weighted by Gasteiger charge is 2.39. The van der Waals surface area contributed by atoms with Gasteiger partial charge in [-0.15, -0.1) is 0 Å². The summed E-state index contributed by atoms with van der Waals surface area (Å²) >= 11 is 0. The lowest BCUT2D eigenvalue weighted by molar-refractivity contribution is 0.0656. The van der Waals surface area contributed by atoms with E-state index in [9.17, 15) is 13.6 Å². The van der Waals surface area contributed by atoms with Crippen molar-refractivity contribution >= 4 is 12.0 Å². The molecular formula is C26H21F2N3O. The van der Waals surface area contributed by atoms with E-state index in [-0.39, 0.29) is 23.6 Å². The van der Waals surface area contributed by atoms with Gasteiger partial charge >= 0.3 is 0 Å². The summed E-state index contributed by atoms with van der Waals surface area (Å²) in [5, 5.41) is 1.62. The molecule has 3 aromatic rings. The molecule has 160 valence electrons. The molecule has 1 amide bonds. The van der Waals surface area contributed by atoms with E-state index in [1.807, 2.05) is 6.08 Å². The van der Waals surface area contributed by atoms with Crippen molar-refractivity contribution in [2.24, 2.45) is 0 Å². The molecule has 0 spiro atoms. The molecule has 0 saturated heterocycles. The van der Waals surface area contributed by atoms with Gasteiger partial charge in [-0.25, -0.2) is 13.8 Å². The number of benzene rings is 2. The fourth-order valence-corrected chi connectivity index (χ4v) is 4.38. The zero-order valence-electron chi connectivity index (χ0n) is 17.3. The Morgan fingerprint density at radius 1 is 0.938 bits per heavy atom. The van der Waals surface area contributed by atoms with Gasteiger partial charge in [-0.05, 0) is 84.0 Å². The Balaban J connectivity index is 1.57. The Kier molecular flexibility index (Phi) is 5.27. The van der Waals surface area contributed by atoms with Gasteiger partial charge in [0.05, 0.1) is 5.70 Å². The van der Waals surface area contributed by atoms with Gasteiger partial charge in [0.25, 0.3) is 5.91 Å². The van der Waals surface area contributed by atoms with Gasteiger partial charge in [0.2, 0.25) is 0 Å². The van der Waals surface area contributed by atoms with Gasteiger partial charge in [0, 0.05) is 18.0 Å². The molecule has 0 saturated carbocycles. The Bertz CT molecular complexity index is 1200. The second kappa shape index (κ2) is 8.38. The highest BCUT2D eigenvalue weighted by Crippen LogP contribution is 2.44. The van der Waals surface area contributed by atoms with Crippen LogP contribution in [0.3, 0.4) is 0 Å². The zero-order chi connectivity index (χ0) is 22.1. The zero-order valence-corrected chi connectivity index (χ0v) is 17.3. The van der Waals surface area contributed by atoms with Gasteiger partial charge in [0.15, 0.2) is 0 Å². The molecular weight excluding hydrogens is 408 g/mol. The molecule has 4 nitrogen and oxygen atoms in total. The van der Waals surface area contributed by atoms with Crippen molar-refractivity contribution < 1.29 is 13.6 Å². The Hall–Kier alpha value is -3.80. The minimum absolute atomic E-state index is 0.183.